The Morgan fingerprint density at radius 2 is 1.89 bits per heavy atom. The summed E-state index contributed by atoms with van der Waals surface area (Å²) in [6.45, 7) is 4.15. The van der Waals surface area contributed by atoms with Gasteiger partial charge in [-0.25, -0.2) is 4.39 Å². The minimum Gasteiger partial charge on any atom is -0.490 e. The van der Waals surface area contributed by atoms with Crippen molar-refractivity contribution in [2.75, 3.05) is 6.61 Å². The Morgan fingerprint density at radius 3 is 2.53 bits per heavy atom. The number of pyridine rings is 1. The summed E-state index contributed by atoms with van der Waals surface area (Å²) in [6, 6.07) is 6.40. The standard InChI is InChI=1S/C15H15F2NO/c1-3-8-19-13-7-5-11(14(16)15(13)17)12-6-4-10(2)9-18-12/h4-7,9H,3,8H2,1-2H3. The predicted octanol–water partition coefficient (Wildman–Crippen LogP) is 4.12. The molecule has 0 aliphatic carbocycles. The second kappa shape index (κ2) is 5.78. The number of hydrogen-bond acceptors (Lipinski definition) is 2. The Morgan fingerprint density at radius 1 is 1.11 bits per heavy atom. The van der Waals surface area contributed by atoms with Gasteiger partial charge in [0.25, 0.3) is 0 Å². The molecule has 1 aromatic heterocycles. The molecule has 0 spiro atoms. The van der Waals surface area contributed by atoms with E-state index < -0.39 is 11.6 Å². The third-order valence-electron chi connectivity index (χ3n) is 2.70. The monoisotopic (exact) mass is 263 g/mol. The SMILES string of the molecule is CCCOc1ccc(-c2ccc(C)cn2)c(F)c1F. The van der Waals surface area contributed by atoms with Crippen LogP contribution in [0.4, 0.5) is 8.78 Å². The Kier molecular flexibility index (Phi) is 4.10. The number of nitrogens with zero attached hydrogens (tertiary/aromatic N) is 1. The highest BCUT2D eigenvalue weighted by Crippen LogP contribution is 2.28. The molecule has 4 heteroatoms. The van der Waals surface area contributed by atoms with Crippen LogP contribution in [0.5, 0.6) is 5.75 Å². The number of ether oxygens (including phenoxy) is 1. The highest BCUT2D eigenvalue weighted by atomic mass is 19.2. The second-order valence-electron chi connectivity index (χ2n) is 4.31. The molecule has 0 amide bonds. The molecule has 0 saturated carbocycles. The predicted molar refractivity (Wildman–Crippen MR) is 70.1 cm³/mol. The van der Waals surface area contributed by atoms with Crippen LogP contribution in [0.2, 0.25) is 0 Å². The molecule has 2 nitrogen and oxygen atoms in total. The van der Waals surface area contributed by atoms with Crippen LogP contribution in [0.1, 0.15) is 18.9 Å². The van der Waals surface area contributed by atoms with E-state index in [4.69, 9.17) is 4.74 Å². The van der Waals surface area contributed by atoms with Gasteiger partial charge in [-0.2, -0.15) is 4.39 Å². The lowest BCUT2D eigenvalue weighted by atomic mass is 10.1. The molecule has 0 aliphatic heterocycles. The van der Waals surface area contributed by atoms with Crippen molar-refractivity contribution < 1.29 is 13.5 Å². The molecule has 0 saturated heterocycles. The lowest BCUT2D eigenvalue weighted by Gasteiger charge is -2.09. The van der Waals surface area contributed by atoms with Gasteiger partial charge in [-0.3, -0.25) is 4.98 Å². The summed E-state index contributed by atoms with van der Waals surface area (Å²) in [5.74, 6) is -1.95. The van der Waals surface area contributed by atoms with E-state index in [1.165, 1.54) is 12.1 Å². The Balaban J connectivity index is 2.38. The summed E-state index contributed by atoms with van der Waals surface area (Å²) in [4.78, 5) is 4.09. The Bertz CT molecular complexity index is 567. The number of benzene rings is 1. The van der Waals surface area contributed by atoms with Gasteiger partial charge in [0, 0.05) is 11.8 Å². The van der Waals surface area contributed by atoms with Crippen molar-refractivity contribution >= 4 is 0 Å². The zero-order valence-corrected chi connectivity index (χ0v) is 10.9. The van der Waals surface area contributed by atoms with Crippen LogP contribution >= 0.6 is 0 Å². The summed E-state index contributed by atoms with van der Waals surface area (Å²) in [5.41, 5.74) is 1.51. The van der Waals surface area contributed by atoms with Crippen LogP contribution in [0, 0.1) is 18.6 Å². The average Bonchev–Trinajstić information content (AvgIpc) is 2.42. The number of rotatable bonds is 4. The fourth-order valence-electron chi connectivity index (χ4n) is 1.68. The van der Waals surface area contributed by atoms with Gasteiger partial charge in [-0.05, 0) is 37.1 Å². The van der Waals surface area contributed by atoms with Crippen LogP contribution in [-0.2, 0) is 0 Å². The molecule has 0 radical (unpaired) electrons. The molecule has 0 fully saturated rings. The molecule has 0 N–H and O–H groups in total. The molecule has 0 bridgehead atoms. The van der Waals surface area contributed by atoms with Gasteiger partial charge in [-0.15, -0.1) is 0 Å². The van der Waals surface area contributed by atoms with Gasteiger partial charge < -0.3 is 4.74 Å². The van der Waals surface area contributed by atoms with Gasteiger partial charge in [0.05, 0.1) is 12.3 Å². The summed E-state index contributed by atoms with van der Waals surface area (Å²) < 4.78 is 32.9. The molecule has 0 atom stereocenters. The number of hydrogen-bond donors (Lipinski definition) is 0. The molecule has 0 aliphatic rings. The minimum absolute atomic E-state index is 0.0600. The molecule has 1 heterocycles. The van der Waals surface area contributed by atoms with Crippen LogP contribution < -0.4 is 4.74 Å². The topological polar surface area (TPSA) is 22.1 Å². The van der Waals surface area contributed by atoms with E-state index in [9.17, 15) is 8.78 Å². The summed E-state index contributed by atoms with van der Waals surface area (Å²) >= 11 is 0. The van der Waals surface area contributed by atoms with Crippen molar-refractivity contribution in [3.63, 3.8) is 0 Å². The van der Waals surface area contributed by atoms with E-state index >= 15 is 0 Å². The minimum atomic E-state index is -0.965. The van der Waals surface area contributed by atoms with E-state index in [-0.39, 0.29) is 11.3 Å². The normalized spacial score (nSPS) is 10.5. The molecule has 100 valence electrons. The first-order valence-electron chi connectivity index (χ1n) is 6.17. The maximum absolute atomic E-state index is 14.0. The van der Waals surface area contributed by atoms with Crippen LogP contribution in [0.25, 0.3) is 11.3 Å². The first-order chi connectivity index (χ1) is 9.13. The third kappa shape index (κ3) is 2.89. The molecule has 2 aromatic rings. The highest BCUT2D eigenvalue weighted by molar-refractivity contribution is 5.61. The zero-order valence-electron chi connectivity index (χ0n) is 10.9. The van der Waals surface area contributed by atoms with E-state index in [1.807, 2.05) is 13.8 Å². The van der Waals surface area contributed by atoms with Gasteiger partial charge >= 0.3 is 0 Å². The van der Waals surface area contributed by atoms with Gasteiger partial charge in [0.1, 0.15) is 0 Å². The maximum Gasteiger partial charge on any atom is 0.201 e. The van der Waals surface area contributed by atoms with Gasteiger partial charge in [0.2, 0.25) is 5.82 Å². The van der Waals surface area contributed by atoms with Crippen molar-refractivity contribution in [1.29, 1.82) is 0 Å². The molecule has 19 heavy (non-hydrogen) atoms. The smallest absolute Gasteiger partial charge is 0.201 e. The highest BCUT2D eigenvalue weighted by Gasteiger charge is 2.16. The second-order valence-corrected chi connectivity index (χ2v) is 4.31. The number of aromatic nitrogens is 1. The average molecular weight is 263 g/mol. The van der Waals surface area contributed by atoms with E-state index in [0.29, 0.717) is 12.3 Å². The van der Waals surface area contributed by atoms with Crippen LogP contribution in [0.15, 0.2) is 30.5 Å². The first-order valence-corrected chi connectivity index (χ1v) is 6.17. The maximum atomic E-state index is 14.0. The summed E-state index contributed by atoms with van der Waals surface area (Å²) in [5, 5.41) is 0. The largest absolute Gasteiger partial charge is 0.490 e. The Hall–Kier alpha value is -1.97. The van der Waals surface area contributed by atoms with E-state index in [1.54, 1.807) is 18.3 Å². The zero-order chi connectivity index (χ0) is 13.8. The van der Waals surface area contributed by atoms with Gasteiger partial charge in [-0.1, -0.05) is 13.0 Å². The Labute approximate surface area is 111 Å². The molecular formula is C15H15F2NO. The van der Waals surface area contributed by atoms with Crippen molar-refractivity contribution in [3.8, 4) is 17.0 Å². The lowest BCUT2D eigenvalue weighted by molar-refractivity contribution is 0.295. The molecule has 0 unspecified atom stereocenters. The van der Waals surface area contributed by atoms with Crippen LogP contribution in [0.3, 0.4) is 0 Å². The van der Waals surface area contributed by atoms with Crippen molar-refractivity contribution in [3.05, 3.63) is 47.7 Å². The molecule has 1 aromatic carbocycles. The van der Waals surface area contributed by atoms with Crippen molar-refractivity contribution in [2.45, 2.75) is 20.3 Å². The first kappa shape index (κ1) is 13.5. The fourth-order valence-corrected chi connectivity index (χ4v) is 1.68. The number of halogens is 2. The fraction of sp³-hybridized carbons (Fsp3) is 0.267. The summed E-state index contributed by atoms with van der Waals surface area (Å²) in [6.07, 6.45) is 2.36. The lowest BCUT2D eigenvalue weighted by Crippen LogP contribution is -2.00. The molecular weight excluding hydrogens is 248 g/mol. The van der Waals surface area contributed by atoms with E-state index in [2.05, 4.69) is 4.98 Å². The third-order valence-corrected chi connectivity index (χ3v) is 2.70. The van der Waals surface area contributed by atoms with E-state index in [0.717, 1.165) is 12.0 Å². The summed E-state index contributed by atoms with van der Waals surface area (Å²) in [7, 11) is 0. The van der Waals surface area contributed by atoms with Crippen molar-refractivity contribution in [1.82, 2.24) is 4.98 Å². The quantitative estimate of drug-likeness (QED) is 0.827. The van der Waals surface area contributed by atoms with Crippen LogP contribution in [-0.4, -0.2) is 11.6 Å². The van der Waals surface area contributed by atoms with Crippen molar-refractivity contribution in [2.24, 2.45) is 0 Å². The molecule has 2 rings (SSSR count). The number of aryl methyl sites for hydroxylation is 1. The van der Waals surface area contributed by atoms with Gasteiger partial charge in [0.15, 0.2) is 11.6 Å².